The number of aromatic nitrogens is 1. The van der Waals surface area contributed by atoms with Crippen LogP contribution in [0, 0.1) is 0 Å². The van der Waals surface area contributed by atoms with Crippen molar-refractivity contribution in [3.8, 4) is 22.3 Å². The van der Waals surface area contributed by atoms with Crippen LogP contribution >= 0.6 is 0 Å². The van der Waals surface area contributed by atoms with E-state index in [-0.39, 0.29) is 0 Å². The van der Waals surface area contributed by atoms with Gasteiger partial charge in [0.15, 0.2) is 0 Å². The van der Waals surface area contributed by atoms with Crippen molar-refractivity contribution in [2.45, 2.75) is 31.2 Å². The van der Waals surface area contributed by atoms with Crippen LogP contribution in [0.3, 0.4) is 0 Å². The van der Waals surface area contributed by atoms with Crippen LogP contribution in [0.2, 0.25) is 0 Å². The van der Waals surface area contributed by atoms with Gasteiger partial charge in [-0.15, -0.1) is 0 Å². The van der Waals surface area contributed by atoms with Crippen molar-refractivity contribution in [1.29, 1.82) is 0 Å². The molecule has 0 N–H and O–H groups in total. The van der Waals surface area contributed by atoms with E-state index in [9.17, 15) is 26.3 Å². The van der Waals surface area contributed by atoms with Crippen LogP contribution < -0.4 is 4.90 Å². The molecule has 1 unspecified atom stereocenters. The number of fused-ring (bicyclic) bond motifs is 5. The number of alkyl halides is 6. The first-order valence-electron chi connectivity index (χ1n) is 20.0. The first-order valence-corrected chi connectivity index (χ1v) is 20.0. The van der Waals surface area contributed by atoms with Gasteiger partial charge in [-0.25, -0.2) is 0 Å². The minimum absolute atomic E-state index is 0.400. The molecular weight excluding hydrogens is 779 g/mol. The maximum absolute atomic E-state index is 13.8. The average Bonchev–Trinajstić information content (AvgIpc) is 3.61. The number of allylic oxidation sites excluding steroid dienone is 3. The van der Waals surface area contributed by atoms with Gasteiger partial charge in [0, 0.05) is 38.9 Å². The second kappa shape index (κ2) is 14.3. The highest BCUT2D eigenvalue weighted by molar-refractivity contribution is 6.22. The quantitative estimate of drug-likeness (QED) is 0.120. The van der Waals surface area contributed by atoms with Crippen molar-refractivity contribution in [2.75, 3.05) is 4.90 Å². The van der Waals surface area contributed by atoms with Crippen LogP contribution in [0.15, 0.2) is 194 Å². The third kappa shape index (κ3) is 6.54. The number of benzene rings is 8. The zero-order valence-corrected chi connectivity index (χ0v) is 32.8. The van der Waals surface area contributed by atoms with E-state index >= 15 is 0 Å². The third-order valence-corrected chi connectivity index (χ3v) is 12.0. The highest BCUT2D eigenvalue weighted by Crippen LogP contribution is 2.47. The smallest absolute Gasteiger partial charge is 0.331 e. The molecule has 0 saturated carbocycles. The molecule has 10 rings (SSSR count). The standard InChI is InChI=1S/C53H36F6N2/c1-51(61-47-17-9-7-13-41(47)42-14-8-10-18-48(42)61)31-29-39(30-32-51)60(38-11-3-2-4-12-38)40-27-28-45-46(33-40)50(35-21-25-37(26-22-35)53(57,58)59)44-16-6-5-15-43(44)49(45)34-19-23-36(24-20-34)52(54,55)56/h2-31,33H,32H2,1H3. The van der Waals surface area contributed by atoms with Crippen LogP contribution in [-0.4, -0.2) is 4.57 Å². The van der Waals surface area contributed by atoms with E-state index in [0.29, 0.717) is 17.5 Å². The summed E-state index contributed by atoms with van der Waals surface area (Å²) < 4.78 is 85.1. The number of halogens is 6. The molecular formula is C53H36F6N2. The first kappa shape index (κ1) is 38.2. The molecule has 0 fully saturated rings. The fourth-order valence-corrected chi connectivity index (χ4v) is 9.12. The molecule has 300 valence electrons. The zero-order valence-electron chi connectivity index (χ0n) is 32.8. The summed E-state index contributed by atoms with van der Waals surface area (Å²) in [4.78, 5) is 2.17. The normalized spacial score (nSPS) is 15.8. The summed E-state index contributed by atoms with van der Waals surface area (Å²) in [5.74, 6) is 0. The van der Waals surface area contributed by atoms with Crippen molar-refractivity contribution in [3.63, 3.8) is 0 Å². The lowest BCUT2D eigenvalue weighted by molar-refractivity contribution is -0.138. The molecule has 0 spiro atoms. The molecule has 1 aliphatic carbocycles. The lowest BCUT2D eigenvalue weighted by Gasteiger charge is -2.35. The molecule has 0 amide bonds. The van der Waals surface area contributed by atoms with E-state index in [1.165, 1.54) is 35.0 Å². The number of anilines is 2. The molecule has 8 aromatic carbocycles. The Balaban J connectivity index is 1.17. The Morgan fingerprint density at radius 1 is 0.475 bits per heavy atom. The largest absolute Gasteiger partial charge is 0.416 e. The van der Waals surface area contributed by atoms with Gasteiger partial charge in [0.25, 0.3) is 0 Å². The van der Waals surface area contributed by atoms with Crippen LogP contribution in [-0.2, 0) is 17.9 Å². The summed E-state index contributed by atoms with van der Waals surface area (Å²) in [6, 6.07) is 50.7. The summed E-state index contributed by atoms with van der Waals surface area (Å²) in [6.45, 7) is 2.24. The Morgan fingerprint density at radius 2 is 0.934 bits per heavy atom. The van der Waals surface area contributed by atoms with Gasteiger partial charge in [-0.2, -0.15) is 26.3 Å². The van der Waals surface area contributed by atoms with Gasteiger partial charge in [0.1, 0.15) is 0 Å². The molecule has 0 radical (unpaired) electrons. The molecule has 0 saturated heterocycles. The predicted octanol–water partition coefficient (Wildman–Crippen LogP) is 15.9. The van der Waals surface area contributed by atoms with Crippen LogP contribution in [0.4, 0.5) is 37.7 Å². The number of hydrogen-bond acceptors (Lipinski definition) is 1. The minimum atomic E-state index is -4.52. The number of nitrogens with zero attached hydrogens (tertiary/aromatic N) is 2. The highest BCUT2D eigenvalue weighted by atomic mass is 19.4. The van der Waals surface area contributed by atoms with Gasteiger partial charge >= 0.3 is 12.4 Å². The van der Waals surface area contributed by atoms with Crippen molar-refractivity contribution in [3.05, 3.63) is 205 Å². The van der Waals surface area contributed by atoms with Gasteiger partial charge in [0.2, 0.25) is 0 Å². The first-order chi connectivity index (χ1) is 29.4. The molecule has 1 aliphatic rings. The van der Waals surface area contributed by atoms with E-state index in [1.54, 1.807) is 0 Å². The maximum Gasteiger partial charge on any atom is 0.416 e. The lowest BCUT2D eigenvalue weighted by atomic mass is 9.85. The summed E-state index contributed by atoms with van der Waals surface area (Å²) in [6.07, 6.45) is -1.70. The second-order valence-corrected chi connectivity index (χ2v) is 15.7. The summed E-state index contributed by atoms with van der Waals surface area (Å²) >= 11 is 0. The van der Waals surface area contributed by atoms with Gasteiger partial charge in [-0.3, -0.25) is 0 Å². The molecule has 61 heavy (non-hydrogen) atoms. The predicted molar refractivity (Wildman–Crippen MR) is 236 cm³/mol. The van der Waals surface area contributed by atoms with E-state index in [4.69, 9.17) is 0 Å². The van der Waals surface area contributed by atoms with Gasteiger partial charge in [-0.05, 0) is 124 Å². The Hall–Kier alpha value is -7.06. The Morgan fingerprint density at radius 3 is 1.43 bits per heavy atom. The third-order valence-electron chi connectivity index (χ3n) is 12.0. The molecule has 1 heterocycles. The van der Waals surface area contributed by atoms with Crippen LogP contribution in [0.25, 0.3) is 65.6 Å². The van der Waals surface area contributed by atoms with Gasteiger partial charge in [0.05, 0.1) is 16.7 Å². The van der Waals surface area contributed by atoms with Gasteiger partial charge < -0.3 is 9.47 Å². The monoisotopic (exact) mass is 814 g/mol. The average molecular weight is 815 g/mol. The zero-order chi connectivity index (χ0) is 42.1. The fourth-order valence-electron chi connectivity index (χ4n) is 9.12. The van der Waals surface area contributed by atoms with Crippen molar-refractivity contribution >= 4 is 54.7 Å². The molecule has 2 nitrogen and oxygen atoms in total. The van der Waals surface area contributed by atoms with Crippen LogP contribution in [0.1, 0.15) is 24.5 Å². The molecule has 0 aliphatic heterocycles. The van der Waals surface area contributed by atoms with Crippen molar-refractivity contribution < 1.29 is 26.3 Å². The molecule has 0 bridgehead atoms. The Kier molecular flexibility index (Phi) is 8.95. The molecule has 1 atom stereocenters. The number of para-hydroxylation sites is 3. The van der Waals surface area contributed by atoms with E-state index in [2.05, 4.69) is 83.1 Å². The van der Waals surface area contributed by atoms with E-state index in [0.717, 1.165) is 85.0 Å². The fraction of sp³-hybridized carbons (Fsp3) is 0.0943. The number of hydrogen-bond donors (Lipinski definition) is 0. The summed E-state index contributed by atoms with van der Waals surface area (Å²) in [5, 5.41) is 5.39. The molecule has 1 aromatic heterocycles. The van der Waals surface area contributed by atoms with Crippen molar-refractivity contribution in [2.24, 2.45) is 0 Å². The van der Waals surface area contributed by atoms with E-state index in [1.807, 2.05) is 72.8 Å². The highest BCUT2D eigenvalue weighted by Gasteiger charge is 2.33. The molecule has 9 aromatic rings. The second-order valence-electron chi connectivity index (χ2n) is 15.7. The summed E-state index contributed by atoms with van der Waals surface area (Å²) in [7, 11) is 0. The topological polar surface area (TPSA) is 8.17 Å². The Labute approximate surface area is 347 Å². The number of rotatable bonds is 6. The molecule has 8 heteroatoms. The Bertz CT molecular complexity index is 3140. The maximum atomic E-state index is 13.8. The lowest BCUT2D eigenvalue weighted by Crippen LogP contribution is -2.30. The summed E-state index contributed by atoms with van der Waals surface area (Å²) in [5.41, 5.74) is 5.63. The van der Waals surface area contributed by atoms with Crippen molar-refractivity contribution in [1.82, 2.24) is 4.57 Å². The van der Waals surface area contributed by atoms with Crippen LogP contribution in [0.5, 0.6) is 0 Å². The minimum Gasteiger partial charge on any atom is -0.331 e. The van der Waals surface area contributed by atoms with E-state index < -0.39 is 29.0 Å². The SMILES string of the molecule is CC1(n2c3ccccc3c3ccccc32)C=CC(N(c2ccccc2)c2ccc3c(-c4ccc(C(F)(F)F)cc4)c4ccccc4c(-c4ccc(C(F)(F)F)cc4)c3c2)=CC1. The van der Waals surface area contributed by atoms with Gasteiger partial charge in [-0.1, -0.05) is 121 Å².